The number of nitrogens with zero attached hydrogens (tertiary/aromatic N) is 2. The van der Waals surface area contributed by atoms with Crippen molar-refractivity contribution in [2.45, 2.75) is 6.42 Å². The maximum atomic E-state index is 12.2. The Morgan fingerprint density at radius 2 is 1.96 bits per heavy atom. The molecule has 1 heterocycles. The molecular formula is C19H21N3O2. The molecule has 0 aliphatic heterocycles. The first-order chi connectivity index (χ1) is 11.6. The number of carbonyl (C=O) groups excluding carboxylic acids is 2. The molecule has 2 amide bonds. The summed E-state index contributed by atoms with van der Waals surface area (Å²) in [5.74, 6) is -0.291. The molecule has 0 radical (unpaired) electrons. The smallest absolute Gasteiger partial charge is 0.252 e. The summed E-state index contributed by atoms with van der Waals surface area (Å²) in [4.78, 5) is 29.4. The van der Waals surface area contributed by atoms with Crippen molar-refractivity contribution in [3.05, 3.63) is 71.6 Å². The second kappa shape index (κ2) is 8.62. The summed E-state index contributed by atoms with van der Waals surface area (Å²) < 4.78 is 0. The van der Waals surface area contributed by atoms with Gasteiger partial charge in [0, 0.05) is 39.1 Å². The van der Waals surface area contributed by atoms with E-state index in [1.807, 2.05) is 30.3 Å². The van der Waals surface area contributed by atoms with E-state index < -0.39 is 0 Å². The van der Waals surface area contributed by atoms with Gasteiger partial charge < -0.3 is 10.2 Å². The van der Waals surface area contributed by atoms with Crippen molar-refractivity contribution < 1.29 is 9.59 Å². The zero-order chi connectivity index (χ0) is 17.4. The highest BCUT2D eigenvalue weighted by Crippen LogP contribution is 2.06. The molecule has 0 aliphatic rings. The molecule has 0 atom stereocenters. The Hall–Kier alpha value is -2.95. The number of rotatable bonds is 6. The Bertz CT molecular complexity index is 726. The summed E-state index contributed by atoms with van der Waals surface area (Å²) in [6, 6.07) is 11.7. The normalized spacial score (nSPS) is 10.6. The number of amides is 2. The summed E-state index contributed by atoms with van der Waals surface area (Å²) in [5.41, 5.74) is 2.37. The molecule has 0 unspecified atom stereocenters. The fourth-order valence-electron chi connectivity index (χ4n) is 2.16. The fourth-order valence-corrected chi connectivity index (χ4v) is 2.16. The van der Waals surface area contributed by atoms with Crippen LogP contribution in [-0.2, 0) is 11.2 Å². The number of aromatic nitrogens is 1. The predicted molar refractivity (Wildman–Crippen MR) is 94.4 cm³/mol. The second-order valence-corrected chi connectivity index (χ2v) is 5.41. The van der Waals surface area contributed by atoms with Crippen LogP contribution in [0.15, 0.2) is 54.9 Å². The van der Waals surface area contributed by atoms with Gasteiger partial charge in [-0.1, -0.05) is 30.3 Å². The molecule has 0 saturated heterocycles. The van der Waals surface area contributed by atoms with Crippen LogP contribution < -0.4 is 5.32 Å². The summed E-state index contributed by atoms with van der Waals surface area (Å²) in [6.07, 6.45) is 7.07. The summed E-state index contributed by atoms with van der Waals surface area (Å²) in [6.45, 7) is 0.643. The lowest BCUT2D eigenvalue weighted by Crippen LogP contribution is -2.27. The number of hydrogen-bond donors (Lipinski definition) is 1. The van der Waals surface area contributed by atoms with Crippen LogP contribution in [0.1, 0.15) is 21.5 Å². The van der Waals surface area contributed by atoms with Crippen LogP contribution in [0.5, 0.6) is 0 Å². The number of benzene rings is 1. The standard InChI is InChI=1S/C19H21N3O2/c1-20-19(24)17-12-16(13-21-14-17)8-9-18(23)22(2)11-10-15-6-4-3-5-7-15/h3-9,12-14H,10-11H2,1-2H3,(H,20,24). The highest BCUT2D eigenvalue weighted by Gasteiger charge is 2.06. The zero-order valence-corrected chi connectivity index (χ0v) is 13.9. The maximum absolute atomic E-state index is 12.2. The largest absolute Gasteiger partial charge is 0.355 e. The lowest BCUT2D eigenvalue weighted by atomic mass is 10.1. The number of pyridine rings is 1. The van der Waals surface area contributed by atoms with Crippen LogP contribution >= 0.6 is 0 Å². The van der Waals surface area contributed by atoms with Crippen molar-refractivity contribution in [1.82, 2.24) is 15.2 Å². The third-order valence-electron chi connectivity index (χ3n) is 3.62. The van der Waals surface area contributed by atoms with Crippen LogP contribution in [0.3, 0.4) is 0 Å². The van der Waals surface area contributed by atoms with Gasteiger partial charge in [-0.05, 0) is 29.7 Å². The van der Waals surface area contributed by atoms with Gasteiger partial charge in [-0.2, -0.15) is 0 Å². The van der Waals surface area contributed by atoms with Crippen molar-refractivity contribution in [3.63, 3.8) is 0 Å². The maximum Gasteiger partial charge on any atom is 0.252 e. The molecule has 0 aliphatic carbocycles. The molecule has 0 saturated carbocycles. The van der Waals surface area contributed by atoms with E-state index in [0.717, 1.165) is 6.42 Å². The number of carbonyl (C=O) groups is 2. The van der Waals surface area contributed by atoms with Gasteiger partial charge in [-0.15, -0.1) is 0 Å². The van der Waals surface area contributed by atoms with Gasteiger partial charge in [0.25, 0.3) is 5.91 Å². The molecule has 0 fully saturated rings. The average Bonchev–Trinajstić information content (AvgIpc) is 2.64. The Morgan fingerprint density at radius 3 is 2.67 bits per heavy atom. The van der Waals surface area contributed by atoms with Crippen LogP contribution in [0.25, 0.3) is 6.08 Å². The lowest BCUT2D eigenvalue weighted by Gasteiger charge is -2.14. The average molecular weight is 323 g/mol. The molecule has 0 spiro atoms. The van der Waals surface area contributed by atoms with Crippen molar-refractivity contribution in [2.24, 2.45) is 0 Å². The molecule has 1 aromatic heterocycles. The summed E-state index contributed by atoms with van der Waals surface area (Å²) in [7, 11) is 3.34. The van der Waals surface area contributed by atoms with E-state index >= 15 is 0 Å². The molecule has 5 heteroatoms. The molecular weight excluding hydrogens is 302 g/mol. The number of likely N-dealkylation sites (N-methyl/N-ethyl adjacent to an activating group) is 1. The third-order valence-corrected chi connectivity index (χ3v) is 3.62. The molecule has 5 nitrogen and oxygen atoms in total. The Balaban J connectivity index is 1.93. The van der Waals surface area contributed by atoms with Crippen molar-refractivity contribution in [3.8, 4) is 0 Å². The van der Waals surface area contributed by atoms with Crippen molar-refractivity contribution in [2.75, 3.05) is 20.6 Å². The predicted octanol–water partition coefficient (Wildman–Crippen LogP) is 2.16. The van der Waals surface area contributed by atoms with Crippen LogP contribution in [0, 0.1) is 0 Å². The van der Waals surface area contributed by atoms with E-state index in [9.17, 15) is 9.59 Å². The van der Waals surface area contributed by atoms with Gasteiger partial charge >= 0.3 is 0 Å². The zero-order valence-electron chi connectivity index (χ0n) is 13.9. The first-order valence-corrected chi connectivity index (χ1v) is 7.74. The van der Waals surface area contributed by atoms with E-state index in [2.05, 4.69) is 10.3 Å². The lowest BCUT2D eigenvalue weighted by molar-refractivity contribution is -0.124. The van der Waals surface area contributed by atoms with E-state index in [-0.39, 0.29) is 11.8 Å². The van der Waals surface area contributed by atoms with E-state index in [1.165, 1.54) is 17.8 Å². The monoisotopic (exact) mass is 323 g/mol. The topological polar surface area (TPSA) is 62.3 Å². The van der Waals surface area contributed by atoms with E-state index in [0.29, 0.717) is 17.7 Å². The van der Waals surface area contributed by atoms with Gasteiger partial charge in [0.15, 0.2) is 0 Å². The molecule has 1 aromatic carbocycles. The number of hydrogen-bond acceptors (Lipinski definition) is 3. The first-order valence-electron chi connectivity index (χ1n) is 7.74. The Labute approximate surface area is 142 Å². The third kappa shape index (κ3) is 5.05. The fraction of sp³-hybridized carbons (Fsp3) is 0.211. The molecule has 2 aromatic rings. The van der Waals surface area contributed by atoms with Gasteiger partial charge in [0.1, 0.15) is 0 Å². The first kappa shape index (κ1) is 17.4. The van der Waals surface area contributed by atoms with Gasteiger partial charge in [0.2, 0.25) is 5.91 Å². The highest BCUT2D eigenvalue weighted by molar-refractivity contribution is 5.95. The van der Waals surface area contributed by atoms with Crippen LogP contribution in [0.4, 0.5) is 0 Å². The van der Waals surface area contributed by atoms with E-state index in [4.69, 9.17) is 0 Å². The van der Waals surface area contributed by atoms with E-state index in [1.54, 1.807) is 37.3 Å². The minimum absolute atomic E-state index is 0.0868. The summed E-state index contributed by atoms with van der Waals surface area (Å²) >= 11 is 0. The minimum atomic E-state index is -0.205. The molecule has 24 heavy (non-hydrogen) atoms. The molecule has 0 bridgehead atoms. The summed E-state index contributed by atoms with van der Waals surface area (Å²) in [5, 5.41) is 2.55. The number of nitrogens with one attached hydrogen (secondary N) is 1. The van der Waals surface area contributed by atoms with Crippen molar-refractivity contribution in [1.29, 1.82) is 0 Å². The Kier molecular flexibility index (Phi) is 6.25. The highest BCUT2D eigenvalue weighted by atomic mass is 16.2. The molecule has 2 rings (SSSR count). The van der Waals surface area contributed by atoms with Crippen molar-refractivity contribution >= 4 is 17.9 Å². The minimum Gasteiger partial charge on any atom is -0.355 e. The Morgan fingerprint density at radius 1 is 1.21 bits per heavy atom. The van der Waals surface area contributed by atoms with Gasteiger partial charge in [-0.25, -0.2) is 0 Å². The molecule has 1 N–H and O–H groups in total. The van der Waals surface area contributed by atoms with Crippen LogP contribution in [0.2, 0.25) is 0 Å². The second-order valence-electron chi connectivity index (χ2n) is 5.41. The quantitative estimate of drug-likeness (QED) is 0.829. The van der Waals surface area contributed by atoms with Crippen LogP contribution in [-0.4, -0.2) is 42.3 Å². The SMILES string of the molecule is CNC(=O)c1cncc(C=CC(=O)N(C)CCc2ccccc2)c1. The van der Waals surface area contributed by atoms with Gasteiger partial charge in [-0.3, -0.25) is 14.6 Å². The van der Waals surface area contributed by atoms with Gasteiger partial charge in [0.05, 0.1) is 5.56 Å². The molecule has 124 valence electrons.